The third-order valence-corrected chi connectivity index (χ3v) is 3.98. The Morgan fingerprint density at radius 2 is 2.17 bits per heavy atom. The van der Waals surface area contributed by atoms with E-state index in [0.29, 0.717) is 21.7 Å². The summed E-state index contributed by atoms with van der Waals surface area (Å²) in [6.07, 6.45) is 2.79. The van der Waals surface area contributed by atoms with Gasteiger partial charge in [0.2, 0.25) is 5.91 Å². The molecule has 7 nitrogen and oxygen atoms in total. The highest BCUT2D eigenvalue weighted by Gasteiger charge is 2.12. The van der Waals surface area contributed by atoms with E-state index in [0.717, 1.165) is 5.56 Å². The van der Waals surface area contributed by atoms with Crippen LogP contribution in [0.15, 0.2) is 35.5 Å². The number of halogens is 1. The van der Waals surface area contributed by atoms with Crippen molar-refractivity contribution in [1.82, 2.24) is 19.3 Å². The first-order valence-electron chi connectivity index (χ1n) is 6.89. The number of aryl methyl sites for hydroxylation is 1. The topological polar surface area (TPSA) is 81.8 Å². The molecule has 0 radical (unpaired) electrons. The van der Waals surface area contributed by atoms with Crippen molar-refractivity contribution in [1.29, 1.82) is 0 Å². The van der Waals surface area contributed by atoms with Crippen molar-refractivity contribution >= 4 is 34.2 Å². The molecule has 3 aromatic rings. The first-order valence-corrected chi connectivity index (χ1v) is 7.27. The largest absolute Gasteiger partial charge is 0.324 e. The van der Waals surface area contributed by atoms with Gasteiger partial charge < -0.3 is 5.32 Å². The number of fused-ring (bicyclic) bond motifs is 1. The lowest BCUT2D eigenvalue weighted by molar-refractivity contribution is -0.116. The van der Waals surface area contributed by atoms with Crippen LogP contribution in [0.2, 0.25) is 5.02 Å². The molecular weight excluding hydrogens is 318 g/mol. The number of nitrogens with zero attached hydrogens (tertiary/aromatic N) is 4. The number of carbonyl (C=O) groups is 1. The second-order valence-electron chi connectivity index (χ2n) is 5.14. The van der Waals surface area contributed by atoms with Crippen LogP contribution in [0.3, 0.4) is 0 Å². The van der Waals surface area contributed by atoms with Gasteiger partial charge in [0.25, 0.3) is 5.56 Å². The molecular formula is C15H14ClN5O2. The van der Waals surface area contributed by atoms with E-state index in [1.807, 2.05) is 6.92 Å². The van der Waals surface area contributed by atoms with Gasteiger partial charge in [-0.15, -0.1) is 0 Å². The maximum atomic E-state index is 12.3. The van der Waals surface area contributed by atoms with Gasteiger partial charge in [0, 0.05) is 17.8 Å². The molecule has 0 aliphatic heterocycles. The van der Waals surface area contributed by atoms with Crippen molar-refractivity contribution in [2.24, 2.45) is 7.05 Å². The van der Waals surface area contributed by atoms with E-state index in [-0.39, 0.29) is 18.0 Å². The van der Waals surface area contributed by atoms with E-state index in [1.54, 1.807) is 25.2 Å². The highest BCUT2D eigenvalue weighted by atomic mass is 35.5. The summed E-state index contributed by atoms with van der Waals surface area (Å²) in [4.78, 5) is 28.7. The van der Waals surface area contributed by atoms with Crippen molar-refractivity contribution in [2.45, 2.75) is 13.5 Å². The minimum atomic E-state index is -0.331. The maximum absolute atomic E-state index is 12.3. The molecule has 0 spiro atoms. The molecule has 0 unspecified atom stereocenters. The molecule has 0 atom stereocenters. The van der Waals surface area contributed by atoms with Gasteiger partial charge >= 0.3 is 0 Å². The summed E-state index contributed by atoms with van der Waals surface area (Å²) in [7, 11) is 1.70. The van der Waals surface area contributed by atoms with Gasteiger partial charge in [0.1, 0.15) is 18.3 Å². The van der Waals surface area contributed by atoms with E-state index < -0.39 is 0 Å². The van der Waals surface area contributed by atoms with Gasteiger partial charge in [-0.3, -0.25) is 18.8 Å². The third-order valence-electron chi connectivity index (χ3n) is 3.57. The molecule has 0 aliphatic rings. The van der Waals surface area contributed by atoms with Gasteiger partial charge in [-0.2, -0.15) is 5.10 Å². The number of hydrogen-bond acceptors (Lipinski definition) is 4. The third kappa shape index (κ3) is 2.83. The van der Waals surface area contributed by atoms with Gasteiger partial charge in [-0.25, -0.2) is 4.98 Å². The second kappa shape index (κ2) is 5.85. The summed E-state index contributed by atoms with van der Waals surface area (Å²) >= 11 is 6.02. The van der Waals surface area contributed by atoms with E-state index >= 15 is 0 Å². The van der Waals surface area contributed by atoms with Crippen molar-refractivity contribution < 1.29 is 4.79 Å². The minimum Gasteiger partial charge on any atom is -0.324 e. The average molecular weight is 332 g/mol. The highest BCUT2D eigenvalue weighted by Crippen LogP contribution is 2.22. The van der Waals surface area contributed by atoms with Gasteiger partial charge in [-0.05, 0) is 24.6 Å². The highest BCUT2D eigenvalue weighted by molar-refractivity contribution is 6.31. The van der Waals surface area contributed by atoms with E-state index in [4.69, 9.17) is 11.6 Å². The quantitative estimate of drug-likeness (QED) is 0.792. The van der Waals surface area contributed by atoms with Crippen LogP contribution in [0.5, 0.6) is 0 Å². The lowest BCUT2D eigenvalue weighted by Crippen LogP contribution is -2.28. The van der Waals surface area contributed by atoms with Crippen LogP contribution < -0.4 is 10.9 Å². The van der Waals surface area contributed by atoms with Crippen LogP contribution in [-0.4, -0.2) is 25.2 Å². The fraction of sp³-hybridized carbons (Fsp3) is 0.200. The number of aromatic nitrogens is 4. The Labute approximate surface area is 136 Å². The average Bonchev–Trinajstić information content (AvgIpc) is 2.89. The van der Waals surface area contributed by atoms with Crippen LogP contribution in [0.25, 0.3) is 11.0 Å². The molecule has 1 N–H and O–H groups in total. The molecule has 2 heterocycles. The fourth-order valence-electron chi connectivity index (χ4n) is 2.27. The Hall–Kier alpha value is -2.67. The summed E-state index contributed by atoms with van der Waals surface area (Å²) in [5, 5.41) is 7.68. The Morgan fingerprint density at radius 3 is 2.96 bits per heavy atom. The minimum absolute atomic E-state index is 0.136. The van der Waals surface area contributed by atoms with E-state index in [1.165, 1.54) is 21.8 Å². The number of amides is 1. The summed E-state index contributed by atoms with van der Waals surface area (Å²) in [5.41, 5.74) is 1.57. The van der Waals surface area contributed by atoms with Crippen LogP contribution in [-0.2, 0) is 18.4 Å². The van der Waals surface area contributed by atoms with Crippen molar-refractivity contribution in [3.8, 4) is 0 Å². The summed E-state index contributed by atoms with van der Waals surface area (Å²) in [6, 6.07) is 5.25. The predicted octanol–water partition coefficient (Wildman–Crippen LogP) is 1.73. The number of anilines is 1. The van der Waals surface area contributed by atoms with Crippen molar-refractivity contribution in [2.75, 3.05) is 5.32 Å². The number of benzene rings is 1. The zero-order valence-electron chi connectivity index (χ0n) is 12.6. The lowest BCUT2D eigenvalue weighted by Gasteiger charge is -2.10. The lowest BCUT2D eigenvalue weighted by atomic mass is 10.2. The first kappa shape index (κ1) is 15.2. The van der Waals surface area contributed by atoms with Gasteiger partial charge in [-0.1, -0.05) is 17.7 Å². The molecule has 0 bridgehead atoms. The Kier molecular flexibility index (Phi) is 3.87. The Morgan fingerprint density at radius 1 is 1.39 bits per heavy atom. The van der Waals surface area contributed by atoms with Crippen LogP contribution in [0.4, 0.5) is 5.69 Å². The first-order chi connectivity index (χ1) is 11.0. The molecule has 3 rings (SSSR count). The molecule has 0 saturated heterocycles. The summed E-state index contributed by atoms with van der Waals surface area (Å²) < 4.78 is 2.76. The van der Waals surface area contributed by atoms with Crippen molar-refractivity contribution in [3.63, 3.8) is 0 Å². The molecule has 0 saturated carbocycles. The van der Waals surface area contributed by atoms with Crippen LogP contribution in [0.1, 0.15) is 5.56 Å². The summed E-state index contributed by atoms with van der Waals surface area (Å²) in [5.74, 6) is -0.331. The number of carbonyl (C=O) groups excluding carboxylic acids is 1. The van der Waals surface area contributed by atoms with E-state index in [9.17, 15) is 9.59 Å². The standard InChI is InChI=1S/C15H14ClN5O2/c1-9-11(16)4-3-5-12(9)19-13(22)7-21-8-17-14-10(15(21)23)6-18-20(14)2/h3-6,8H,7H2,1-2H3,(H,19,22). The normalized spacial score (nSPS) is 10.9. The smallest absolute Gasteiger partial charge is 0.264 e. The fourth-order valence-corrected chi connectivity index (χ4v) is 2.44. The van der Waals surface area contributed by atoms with Crippen molar-refractivity contribution in [3.05, 3.63) is 51.7 Å². The van der Waals surface area contributed by atoms with Gasteiger partial charge in [0.05, 0.1) is 6.20 Å². The predicted molar refractivity (Wildman–Crippen MR) is 87.6 cm³/mol. The Balaban J connectivity index is 1.84. The SMILES string of the molecule is Cc1c(Cl)cccc1NC(=O)Cn1cnc2c(cnn2C)c1=O. The zero-order valence-corrected chi connectivity index (χ0v) is 13.3. The summed E-state index contributed by atoms with van der Waals surface area (Å²) in [6.45, 7) is 1.68. The van der Waals surface area contributed by atoms with E-state index in [2.05, 4.69) is 15.4 Å². The van der Waals surface area contributed by atoms with Gasteiger partial charge in [0.15, 0.2) is 5.65 Å². The number of hydrogen-bond donors (Lipinski definition) is 1. The molecule has 0 aliphatic carbocycles. The van der Waals surface area contributed by atoms with Crippen LogP contribution in [0, 0.1) is 6.92 Å². The molecule has 23 heavy (non-hydrogen) atoms. The molecule has 1 aromatic carbocycles. The maximum Gasteiger partial charge on any atom is 0.264 e. The molecule has 8 heteroatoms. The number of nitrogens with one attached hydrogen (secondary N) is 1. The Bertz CT molecular complexity index is 960. The monoisotopic (exact) mass is 331 g/mol. The second-order valence-corrected chi connectivity index (χ2v) is 5.55. The molecule has 118 valence electrons. The molecule has 0 fully saturated rings. The molecule has 1 amide bonds. The molecule has 2 aromatic heterocycles. The zero-order chi connectivity index (χ0) is 16.6. The van der Waals surface area contributed by atoms with Crippen LogP contribution >= 0.6 is 11.6 Å². The number of rotatable bonds is 3.